The van der Waals surface area contributed by atoms with Gasteiger partial charge in [0, 0.05) is 13.2 Å². The predicted octanol–water partition coefficient (Wildman–Crippen LogP) is 2.27. The van der Waals surface area contributed by atoms with Crippen molar-refractivity contribution in [2.75, 3.05) is 20.3 Å². The number of hydrogen-bond acceptors (Lipinski definition) is 3. The molecule has 0 saturated heterocycles. The highest BCUT2D eigenvalue weighted by atomic mass is 16.5. The van der Waals surface area contributed by atoms with Crippen molar-refractivity contribution >= 4 is 0 Å². The van der Waals surface area contributed by atoms with Gasteiger partial charge in [0.15, 0.2) is 0 Å². The van der Waals surface area contributed by atoms with Crippen LogP contribution in [-0.4, -0.2) is 31.5 Å². The molecular formula is C15H25NO2. The Morgan fingerprint density at radius 2 is 1.78 bits per heavy atom. The van der Waals surface area contributed by atoms with Gasteiger partial charge in [-0.05, 0) is 49.9 Å². The second kappa shape index (κ2) is 6.88. The fourth-order valence-electron chi connectivity index (χ4n) is 2.25. The van der Waals surface area contributed by atoms with Crippen molar-refractivity contribution in [2.24, 2.45) is 0 Å². The minimum atomic E-state index is -0.0222. The van der Waals surface area contributed by atoms with Crippen LogP contribution in [0.4, 0.5) is 0 Å². The lowest BCUT2D eigenvalue weighted by atomic mass is 9.96. The average Bonchev–Trinajstić information content (AvgIpc) is 2.33. The summed E-state index contributed by atoms with van der Waals surface area (Å²) in [5.41, 5.74) is 5.19. The van der Waals surface area contributed by atoms with Crippen molar-refractivity contribution < 1.29 is 9.84 Å². The molecule has 1 aromatic rings. The topological polar surface area (TPSA) is 41.5 Å². The molecule has 0 aliphatic rings. The van der Waals surface area contributed by atoms with Gasteiger partial charge >= 0.3 is 0 Å². The van der Waals surface area contributed by atoms with Crippen molar-refractivity contribution in [1.29, 1.82) is 0 Å². The number of rotatable bonds is 6. The van der Waals surface area contributed by atoms with Crippen LogP contribution in [-0.2, 0) is 4.74 Å². The van der Waals surface area contributed by atoms with E-state index < -0.39 is 0 Å². The number of aliphatic hydroxyl groups is 1. The molecule has 1 aromatic carbocycles. The number of aliphatic hydroxyl groups excluding tert-OH is 1. The molecule has 0 radical (unpaired) electrons. The van der Waals surface area contributed by atoms with Crippen LogP contribution >= 0.6 is 0 Å². The summed E-state index contributed by atoms with van der Waals surface area (Å²) >= 11 is 0. The van der Waals surface area contributed by atoms with Gasteiger partial charge in [0.05, 0.1) is 19.3 Å². The first-order valence-corrected chi connectivity index (χ1v) is 6.43. The molecule has 3 heteroatoms. The standard InChI is InChI=1S/C15H25NO2/c1-10-6-12(3)15(7-11(10)2)13(4)16-14(8-17)9-18-5/h6-7,13-14,16-17H,8-9H2,1-5H3. The van der Waals surface area contributed by atoms with E-state index >= 15 is 0 Å². The Bertz CT molecular complexity index is 390. The van der Waals surface area contributed by atoms with Crippen molar-refractivity contribution in [2.45, 2.75) is 39.8 Å². The average molecular weight is 251 g/mol. The van der Waals surface area contributed by atoms with Gasteiger partial charge < -0.3 is 15.2 Å². The van der Waals surface area contributed by atoms with E-state index in [4.69, 9.17) is 4.74 Å². The third-order valence-electron chi connectivity index (χ3n) is 3.42. The number of hydrogen-bond donors (Lipinski definition) is 2. The molecule has 0 aromatic heterocycles. The Balaban J connectivity index is 2.83. The Morgan fingerprint density at radius 3 is 2.33 bits per heavy atom. The summed E-state index contributed by atoms with van der Waals surface area (Å²) in [7, 11) is 1.65. The molecule has 2 unspecified atom stereocenters. The molecular weight excluding hydrogens is 226 g/mol. The molecule has 0 amide bonds. The van der Waals surface area contributed by atoms with E-state index in [-0.39, 0.29) is 18.7 Å². The largest absolute Gasteiger partial charge is 0.395 e. The molecule has 0 heterocycles. The molecule has 1 rings (SSSR count). The first-order valence-electron chi connectivity index (χ1n) is 6.43. The summed E-state index contributed by atoms with van der Waals surface area (Å²) in [6, 6.07) is 4.62. The van der Waals surface area contributed by atoms with Crippen LogP contribution in [0.5, 0.6) is 0 Å². The van der Waals surface area contributed by atoms with Gasteiger partial charge in [0.25, 0.3) is 0 Å². The molecule has 0 spiro atoms. The van der Waals surface area contributed by atoms with Crippen LogP contribution in [0.25, 0.3) is 0 Å². The summed E-state index contributed by atoms with van der Waals surface area (Å²) in [6.45, 7) is 9.11. The third kappa shape index (κ3) is 3.80. The van der Waals surface area contributed by atoms with Gasteiger partial charge in [-0.2, -0.15) is 0 Å². The zero-order chi connectivity index (χ0) is 13.7. The van der Waals surface area contributed by atoms with Gasteiger partial charge in [-0.25, -0.2) is 0 Å². The summed E-state index contributed by atoms with van der Waals surface area (Å²) in [6.07, 6.45) is 0. The van der Waals surface area contributed by atoms with Crippen LogP contribution in [0, 0.1) is 20.8 Å². The first kappa shape index (κ1) is 15.2. The van der Waals surface area contributed by atoms with Gasteiger partial charge in [0.2, 0.25) is 0 Å². The van der Waals surface area contributed by atoms with Gasteiger partial charge in [0.1, 0.15) is 0 Å². The van der Waals surface area contributed by atoms with Gasteiger partial charge in [-0.1, -0.05) is 12.1 Å². The second-order valence-corrected chi connectivity index (χ2v) is 5.02. The lowest BCUT2D eigenvalue weighted by Gasteiger charge is -2.23. The summed E-state index contributed by atoms with van der Waals surface area (Å²) in [5.74, 6) is 0. The van der Waals surface area contributed by atoms with E-state index in [9.17, 15) is 5.11 Å². The lowest BCUT2D eigenvalue weighted by molar-refractivity contribution is 0.123. The minimum Gasteiger partial charge on any atom is -0.395 e. The third-order valence-corrected chi connectivity index (χ3v) is 3.42. The van der Waals surface area contributed by atoms with Gasteiger partial charge in [-0.3, -0.25) is 0 Å². The number of methoxy groups -OCH3 is 1. The molecule has 0 aliphatic carbocycles. The minimum absolute atomic E-state index is 0.0222. The van der Waals surface area contributed by atoms with E-state index in [1.165, 1.54) is 22.3 Å². The molecule has 0 saturated carbocycles. The van der Waals surface area contributed by atoms with E-state index in [0.29, 0.717) is 6.61 Å². The molecule has 0 aliphatic heterocycles. The Morgan fingerprint density at radius 1 is 1.17 bits per heavy atom. The van der Waals surface area contributed by atoms with Gasteiger partial charge in [-0.15, -0.1) is 0 Å². The van der Waals surface area contributed by atoms with Crippen LogP contribution in [0.15, 0.2) is 12.1 Å². The fraction of sp³-hybridized carbons (Fsp3) is 0.600. The Kier molecular flexibility index (Phi) is 5.79. The Hall–Kier alpha value is -0.900. The first-order chi connectivity index (χ1) is 8.49. The summed E-state index contributed by atoms with van der Waals surface area (Å²) in [4.78, 5) is 0. The number of benzene rings is 1. The summed E-state index contributed by atoms with van der Waals surface area (Å²) < 4.78 is 5.08. The maximum Gasteiger partial charge on any atom is 0.0638 e. The van der Waals surface area contributed by atoms with Crippen molar-refractivity contribution in [1.82, 2.24) is 5.32 Å². The highest BCUT2D eigenvalue weighted by Crippen LogP contribution is 2.21. The molecule has 2 atom stereocenters. The second-order valence-electron chi connectivity index (χ2n) is 5.02. The molecule has 3 nitrogen and oxygen atoms in total. The summed E-state index contributed by atoms with van der Waals surface area (Å²) in [5, 5.41) is 12.7. The maximum atomic E-state index is 9.28. The van der Waals surface area contributed by atoms with Crippen LogP contribution in [0.1, 0.15) is 35.2 Å². The highest BCUT2D eigenvalue weighted by Gasteiger charge is 2.14. The van der Waals surface area contributed by atoms with Crippen molar-refractivity contribution in [3.63, 3.8) is 0 Å². The maximum absolute atomic E-state index is 9.28. The highest BCUT2D eigenvalue weighted by molar-refractivity contribution is 5.38. The number of nitrogens with one attached hydrogen (secondary N) is 1. The quantitative estimate of drug-likeness (QED) is 0.815. The molecule has 0 fully saturated rings. The smallest absolute Gasteiger partial charge is 0.0638 e. The SMILES string of the molecule is COCC(CO)NC(C)c1cc(C)c(C)cc1C. The zero-order valence-electron chi connectivity index (χ0n) is 12.1. The molecule has 0 bridgehead atoms. The van der Waals surface area contributed by atoms with Crippen LogP contribution in [0.3, 0.4) is 0 Å². The van der Waals surface area contributed by atoms with E-state index in [2.05, 4.69) is 45.1 Å². The Labute approximate surface area is 110 Å². The normalized spacial score (nSPS) is 14.6. The van der Waals surface area contributed by atoms with Crippen molar-refractivity contribution in [3.05, 3.63) is 34.4 Å². The molecule has 18 heavy (non-hydrogen) atoms. The molecule has 2 N–H and O–H groups in total. The monoisotopic (exact) mass is 251 g/mol. The van der Waals surface area contributed by atoms with Crippen LogP contribution < -0.4 is 5.32 Å². The number of ether oxygens (including phenoxy) is 1. The fourth-order valence-corrected chi connectivity index (χ4v) is 2.25. The van der Waals surface area contributed by atoms with Crippen LogP contribution in [0.2, 0.25) is 0 Å². The van der Waals surface area contributed by atoms with E-state index in [0.717, 1.165) is 0 Å². The molecule has 102 valence electrons. The predicted molar refractivity (Wildman–Crippen MR) is 75.0 cm³/mol. The number of aryl methyl sites for hydroxylation is 3. The van der Waals surface area contributed by atoms with E-state index in [1.54, 1.807) is 7.11 Å². The van der Waals surface area contributed by atoms with E-state index in [1.807, 2.05) is 0 Å². The zero-order valence-corrected chi connectivity index (χ0v) is 12.1. The lowest BCUT2D eigenvalue weighted by Crippen LogP contribution is -2.38. The van der Waals surface area contributed by atoms with Crippen molar-refractivity contribution in [3.8, 4) is 0 Å².